The predicted molar refractivity (Wildman–Crippen MR) is 75.8 cm³/mol. The Labute approximate surface area is 117 Å². The molecule has 104 valence electrons. The van der Waals surface area contributed by atoms with Crippen LogP contribution in [-0.2, 0) is 9.59 Å². The first-order chi connectivity index (χ1) is 8.83. The van der Waals surface area contributed by atoms with E-state index in [4.69, 9.17) is 0 Å². The van der Waals surface area contributed by atoms with Gasteiger partial charge in [0.2, 0.25) is 11.8 Å². The van der Waals surface area contributed by atoms with E-state index in [2.05, 4.69) is 19.2 Å². The molecule has 1 fully saturated rings. The van der Waals surface area contributed by atoms with E-state index in [1.807, 2.05) is 17.5 Å². The summed E-state index contributed by atoms with van der Waals surface area (Å²) < 4.78 is 0. The summed E-state index contributed by atoms with van der Waals surface area (Å²) in [6, 6.07) is 3.98. The van der Waals surface area contributed by atoms with Crippen molar-refractivity contribution in [1.82, 2.24) is 10.2 Å². The quantitative estimate of drug-likeness (QED) is 0.922. The van der Waals surface area contributed by atoms with Gasteiger partial charge < -0.3 is 10.2 Å². The number of rotatable bonds is 3. The lowest BCUT2D eigenvalue weighted by Crippen LogP contribution is -2.64. The normalized spacial score (nSPS) is 20.6. The number of nitrogens with zero attached hydrogens (tertiary/aromatic N) is 1. The summed E-state index contributed by atoms with van der Waals surface area (Å²) in [6.45, 7) is 7.81. The van der Waals surface area contributed by atoms with Crippen LogP contribution in [0.25, 0.3) is 0 Å². The van der Waals surface area contributed by atoms with Gasteiger partial charge in [-0.2, -0.15) is 0 Å². The molecule has 0 aromatic carbocycles. The van der Waals surface area contributed by atoms with Crippen LogP contribution in [0.1, 0.15) is 38.6 Å². The smallest absolute Gasteiger partial charge is 0.248 e. The standard InChI is InChI=1S/C14H20N2O2S/c1-9(2)12(10-6-5-7-19-10)16-8-11(17)15-14(3,4)13(16)18/h5-7,9,12H,8H2,1-4H3,(H,15,17). The number of piperazine rings is 1. The van der Waals surface area contributed by atoms with E-state index >= 15 is 0 Å². The fourth-order valence-corrected chi connectivity index (χ4v) is 3.56. The molecule has 0 saturated carbocycles. The molecule has 0 radical (unpaired) electrons. The number of nitrogens with one attached hydrogen (secondary N) is 1. The minimum Gasteiger partial charge on any atom is -0.341 e. The van der Waals surface area contributed by atoms with Gasteiger partial charge >= 0.3 is 0 Å². The summed E-state index contributed by atoms with van der Waals surface area (Å²) in [5, 5.41) is 4.75. The Morgan fingerprint density at radius 1 is 1.37 bits per heavy atom. The molecule has 1 aromatic rings. The molecule has 2 heterocycles. The van der Waals surface area contributed by atoms with E-state index in [9.17, 15) is 9.59 Å². The van der Waals surface area contributed by atoms with Crippen molar-refractivity contribution in [2.24, 2.45) is 5.92 Å². The zero-order chi connectivity index (χ0) is 14.2. The average molecular weight is 280 g/mol. The second kappa shape index (κ2) is 4.96. The van der Waals surface area contributed by atoms with Crippen LogP contribution >= 0.6 is 11.3 Å². The second-order valence-electron chi connectivity index (χ2n) is 5.81. The molecule has 1 unspecified atom stereocenters. The summed E-state index contributed by atoms with van der Waals surface area (Å²) in [5.41, 5.74) is -0.820. The molecule has 0 aliphatic carbocycles. The number of hydrogen-bond acceptors (Lipinski definition) is 3. The fraction of sp³-hybridized carbons (Fsp3) is 0.571. The van der Waals surface area contributed by atoms with Crippen molar-refractivity contribution >= 4 is 23.2 Å². The predicted octanol–water partition coefficient (Wildman–Crippen LogP) is 2.18. The molecular formula is C14H20N2O2S. The van der Waals surface area contributed by atoms with Crippen LogP contribution < -0.4 is 5.32 Å². The third kappa shape index (κ3) is 2.66. The molecule has 0 bridgehead atoms. The van der Waals surface area contributed by atoms with Crippen LogP contribution in [0.3, 0.4) is 0 Å². The van der Waals surface area contributed by atoms with Crippen LogP contribution in [0.4, 0.5) is 0 Å². The van der Waals surface area contributed by atoms with Crippen molar-refractivity contribution in [3.63, 3.8) is 0 Å². The number of thiophene rings is 1. The highest BCUT2D eigenvalue weighted by Gasteiger charge is 2.43. The highest BCUT2D eigenvalue weighted by Crippen LogP contribution is 2.34. The van der Waals surface area contributed by atoms with Gasteiger partial charge in [-0.1, -0.05) is 19.9 Å². The fourth-order valence-electron chi connectivity index (χ4n) is 2.55. The van der Waals surface area contributed by atoms with Gasteiger partial charge in [-0.05, 0) is 31.2 Å². The summed E-state index contributed by atoms with van der Waals surface area (Å²) in [5.74, 6) is 0.162. The molecule has 1 aliphatic heterocycles. The van der Waals surface area contributed by atoms with Crippen molar-refractivity contribution in [2.75, 3.05) is 6.54 Å². The van der Waals surface area contributed by atoms with E-state index in [-0.39, 0.29) is 30.3 Å². The van der Waals surface area contributed by atoms with Crippen molar-refractivity contribution in [3.8, 4) is 0 Å². The Bertz CT molecular complexity index is 480. The van der Waals surface area contributed by atoms with Gasteiger partial charge in [-0.15, -0.1) is 11.3 Å². The molecule has 5 heteroatoms. The Hall–Kier alpha value is -1.36. The lowest BCUT2D eigenvalue weighted by atomic mass is 9.94. The van der Waals surface area contributed by atoms with Gasteiger partial charge in [0.25, 0.3) is 0 Å². The van der Waals surface area contributed by atoms with Crippen LogP contribution in [0.2, 0.25) is 0 Å². The van der Waals surface area contributed by atoms with Gasteiger partial charge in [0, 0.05) is 4.88 Å². The number of amides is 2. The van der Waals surface area contributed by atoms with Crippen molar-refractivity contribution in [3.05, 3.63) is 22.4 Å². The minimum atomic E-state index is -0.820. The minimum absolute atomic E-state index is 0.0146. The van der Waals surface area contributed by atoms with Gasteiger partial charge in [-0.25, -0.2) is 0 Å². The maximum absolute atomic E-state index is 12.5. The van der Waals surface area contributed by atoms with Crippen LogP contribution in [-0.4, -0.2) is 28.8 Å². The number of hydrogen-bond donors (Lipinski definition) is 1. The molecule has 2 rings (SSSR count). The lowest BCUT2D eigenvalue weighted by Gasteiger charge is -2.42. The Balaban J connectivity index is 2.36. The molecule has 1 N–H and O–H groups in total. The Kier molecular flexibility index (Phi) is 3.67. The average Bonchev–Trinajstić information content (AvgIpc) is 2.77. The molecule has 1 aromatic heterocycles. The first kappa shape index (κ1) is 14.1. The largest absolute Gasteiger partial charge is 0.341 e. The zero-order valence-corrected chi connectivity index (χ0v) is 12.6. The van der Waals surface area contributed by atoms with E-state index < -0.39 is 5.54 Å². The summed E-state index contributed by atoms with van der Waals surface area (Å²) in [7, 11) is 0. The van der Waals surface area contributed by atoms with E-state index in [0.717, 1.165) is 4.88 Å². The third-order valence-electron chi connectivity index (χ3n) is 3.36. The topological polar surface area (TPSA) is 49.4 Å². The van der Waals surface area contributed by atoms with Crippen molar-refractivity contribution < 1.29 is 9.59 Å². The zero-order valence-electron chi connectivity index (χ0n) is 11.8. The van der Waals surface area contributed by atoms with E-state index in [0.29, 0.717) is 0 Å². The maximum atomic E-state index is 12.5. The third-order valence-corrected chi connectivity index (χ3v) is 4.31. The van der Waals surface area contributed by atoms with Crippen molar-refractivity contribution in [1.29, 1.82) is 0 Å². The molecule has 1 aliphatic rings. The van der Waals surface area contributed by atoms with Crippen LogP contribution in [0.15, 0.2) is 17.5 Å². The first-order valence-corrected chi connectivity index (χ1v) is 7.36. The SMILES string of the molecule is CC(C)C(c1cccs1)N1CC(=O)NC(C)(C)C1=O. The van der Waals surface area contributed by atoms with Gasteiger partial charge in [-0.3, -0.25) is 9.59 Å². The van der Waals surface area contributed by atoms with Gasteiger partial charge in [0.1, 0.15) is 12.1 Å². The number of carbonyl (C=O) groups is 2. The molecule has 1 atom stereocenters. The van der Waals surface area contributed by atoms with Crippen LogP contribution in [0, 0.1) is 5.92 Å². The van der Waals surface area contributed by atoms with E-state index in [1.54, 1.807) is 30.1 Å². The highest BCUT2D eigenvalue weighted by molar-refractivity contribution is 7.10. The second-order valence-corrected chi connectivity index (χ2v) is 6.79. The molecule has 19 heavy (non-hydrogen) atoms. The molecule has 0 spiro atoms. The molecular weight excluding hydrogens is 260 g/mol. The molecule has 1 saturated heterocycles. The van der Waals surface area contributed by atoms with Crippen LogP contribution in [0.5, 0.6) is 0 Å². The molecule has 4 nitrogen and oxygen atoms in total. The lowest BCUT2D eigenvalue weighted by molar-refractivity contribution is -0.151. The highest BCUT2D eigenvalue weighted by atomic mass is 32.1. The first-order valence-electron chi connectivity index (χ1n) is 6.48. The monoisotopic (exact) mass is 280 g/mol. The van der Waals surface area contributed by atoms with Crippen molar-refractivity contribution in [2.45, 2.75) is 39.3 Å². The van der Waals surface area contributed by atoms with Gasteiger partial charge in [0.15, 0.2) is 0 Å². The summed E-state index contributed by atoms with van der Waals surface area (Å²) >= 11 is 1.63. The maximum Gasteiger partial charge on any atom is 0.248 e. The Morgan fingerprint density at radius 3 is 2.58 bits per heavy atom. The van der Waals surface area contributed by atoms with Gasteiger partial charge in [0.05, 0.1) is 6.04 Å². The molecule has 2 amide bonds. The summed E-state index contributed by atoms with van der Waals surface area (Å²) in [4.78, 5) is 27.2. The summed E-state index contributed by atoms with van der Waals surface area (Å²) in [6.07, 6.45) is 0. The number of carbonyl (C=O) groups excluding carboxylic acids is 2. The van der Waals surface area contributed by atoms with E-state index in [1.165, 1.54) is 0 Å². The Morgan fingerprint density at radius 2 is 2.05 bits per heavy atom.